The molecular formula is C15H28N2O2. The zero-order chi connectivity index (χ0) is 13.5. The Labute approximate surface area is 116 Å². The summed E-state index contributed by atoms with van der Waals surface area (Å²) >= 11 is 0. The van der Waals surface area contributed by atoms with E-state index in [2.05, 4.69) is 12.2 Å². The Bertz CT molecular complexity index is 277. The second-order valence-electron chi connectivity index (χ2n) is 5.81. The average Bonchev–Trinajstić information content (AvgIpc) is 2.96. The number of piperidine rings is 1. The van der Waals surface area contributed by atoms with Gasteiger partial charge in [-0.3, -0.25) is 4.79 Å². The van der Waals surface area contributed by atoms with Crippen molar-refractivity contribution < 1.29 is 9.53 Å². The third-order valence-corrected chi connectivity index (χ3v) is 4.16. The standard InChI is InChI=1S/C15H28N2O2/c1-2-9-16-13-5-3-10-17(12-13)15(18)8-7-14-6-4-11-19-14/h13-14,16H,2-12H2,1H3. The first-order chi connectivity index (χ1) is 9.29. The lowest BCUT2D eigenvalue weighted by atomic mass is 10.0. The number of nitrogens with one attached hydrogen (secondary N) is 1. The molecule has 2 aliphatic heterocycles. The van der Waals surface area contributed by atoms with Crippen LogP contribution in [-0.2, 0) is 9.53 Å². The van der Waals surface area contributed by atoms with E-state index in [9.17, 15) is 4.79 Å². The summed E-state index contributed by atoms with van der Waals surface area (Å²) in [5.74, 6) is 0.318. The largest absolute Gasteiger partial charge is 0.378 e. The van der Waals surface area contributed by atoms with Crippen molar-refractivity contribution in [2.45, 2.75) is 64.0 Å². The molecule has 2 rings (SSSR count). The van der Waals surface area contributed by atoms with Crippen LogP contribution in [-0.4, -0.2) is 49.2 Å². The maximum absolute atomic E-state index is 12.2. The van der Waals surface area contributed by atoms with Gasteiger partial charge in [-0.2, -0.15) is 0 Å². The Morgan fingerprint density at radius 2 is 2.26 bits per heavy atom. The Hall–Kier alpha value is -0.610. The minimum Gasteiger partial charge on any atom is -0.378 e. The van der Waals surface area contributed by atoms with Crippen LogP contribution >= 0.6 is 0 Å². The van der Waals surface area contributed by atoms with Gasteiger partial charge in [0.25, 0.3) is 0 Å². The Kier molecular flexibility index (Phi) is 6.11. The van der Waals surface area contributed by atoms with E-state index in [1.54, 1.807) is 0 Å². The summed E-state index contributed by atoms with van der Waals surface area (Å²) in [5, 5.41) is 3.53. The van der Waals surface area contributed by atoms with Gasteiger partial charge in [0.2, 0.25) is 5.91 Å². The van der Waals surface area contributed by atoms with Crippen LogP contribution in [0, 0.1) is 0 Å². The topological polar surface area (TPSA) is 41.6 Å². The fourth-order valence-corrected chi connectivity index (χ4v) is 3.03. The van der Waals surface area contributed by atoms with E-state index in [0.717, 1.165) is 58.3 Å². The van der Waals surface area contributed by atoms with Crippen LogP contribution < -0.4 is 5.32 Å². The molecule has 0 aromatic heterocycles. The summed E-state index contributed by atoms with van der Waals surface area (Å²) in [6, 6.07) is 0.500. The molecule has 2 unspecified atom stereocenters. The molecule has 19 heavy (non-hydrogen) atoms. The van der Waals surface area contributed by atoms with Gasteiger partial charge < -0.3 is 15.0 Å². The lowest BCUT2D eigenvalue weighted by Gasteiger charge is -2.33. The number of nitrogens with zero attached hydrogens (tertiary/aromatic N) is 1. The summed E-state index contributed by atoms with van der Waals surface area (Å²) in [6.45, 7) is 5.95. The van der Waals surface area contributed by atoms with E-state index in [0.29, 0.717) is 24.5 Å². The fraction of sp³-hybridized carbons (Fsp3) is 0.933. The molecule has 2 atom stereocenters. The van der Waals surface area contributed by atoms with Gasteiger partial charge in [-0.1, -0.05) is 6.92 Å². The summed E-state index contributed by atoms with van der Waals surface area (Å²) in [7, 11) is 0. The first-order valence-corrected chi connectivity index (χ1v) is 7.92. The molecule has 4 heteroatoms. The number of hydrogen-bond acceptors (Lipinski definition) is 3. The fourth-order valence-electron chi connectivity index (χ4n) is 3.03. The zero-order valence-corrected chi connectivity index (χ0v) is 12.2. The van der Waals surface area contributed by atoms with Gasteiger partial charge in [-0.05, 0) is 45.1 Å². The highest BCUT2D eigenvalue weighted by Gasteiger charge is 2.24. The van der Waals surface area contributed by atoms with Crippen molar-refractivity contribution in [3.05, 3.63) is 0 Å². The first kappa shape index (κ1) is 14.8. The van der Waals surface area contributed by atoms with E-state index < -0.39 is 0 Å². The predicted molar refractivity (Wildman–Crippen MR) is 76.1 cm³/mol. The van der Waals surface area contributed by atoms with Gasteiger partial charge in [-0.25, -0.2) is 0 Å². The van der Waals surface area contributed by atoms with E-state index in [1.165, 1.54) is 6.42 Å². The van der Waals surface area contributed by atoms with Crippen LogP contribution in [0.3, 0.4) is 0 Å². The van der Waals surface area contributed by atoms with E-state index in [1.807, 2.05) is 4.90 Å². The molecule has 2 fully saturated rings. The molecule has 110 valence electrons. The average molecular weight is 268 g/mol. The molecule has 4 nitrogen and oxygen atoms in total. The van der Waals surface area contributed by atoms with Gasteiger partial charge in [0.15, 0.2) is 0 Å². The predicted octanol–water partition coefficient (Wildman–Crippen LogP) is 1.94. The molecule has 0 radical (unpaired) electrons. The molecule has 2 aliphatic rings. The summed E-state index contributed by atoms with van der Waals surface area (Å²) in [6.07, 6.45) is 7.68. The van der Waals surface area contributed by atoms with E-state index in [-0.39, 0.29) is 0 Å². The lowest BCUT2D eigenvalue weighted by molar-refractivity contribution is -0.133. The van der Waals surface area contributed by atoms with Crippen molar-refractivity contribution in [1.29, 1.82) is 0 Å². The van der Waals surface area contributed by atoms with Crippen molar-refractivity contribution in [3.63, 3.8) is 0 Å². The third kappa shape index (κ3) is 4.77. The van der Waals surface area contributed by atoms with Gasteiger partial charge in [0, 0.05) is 32.2 Å². The monoisotopic (exact) mass is 268 g/mol. The molecule has 1 N–H and O–H groups in total. The number of carbonyl (C=O) groups is 1. The summed E-state index contributed by atoms with van der Waals surface area (Å²) in [4.78, 5) is 14.3. The highest BCUT2D eigenvalue weighted by atomic mass is 16.5. The SMILES string of the molecule is CCCNC1CCCN(C(=O)CCC2CCCO2)C1. The Morgan fingerprint density at radius 1 is 1.37 bits per heavy atom. The van der Waals surface area contributed by atoms with Crippen molar-refractivity contribution in [2.75, 3.05) is 26.2 Å². The smallest absolute Gasteiger partial charge is 0.222 e. The van der Waals surface area contributed by atoms with Gasteiger partial charge in [-0.15, -0.1) is 0 Å². The molecular weight excluding hydrogens is 240 g/mol. The normalized spacial score (nSPS) is 27.7. The van der Waals surface area contributed by atoms with E-state index >= 15 is 0 Å². The highest BCUT2D eigenvalue weighted by Crippen LogP contribution is 2.18. The molecule has 0 aromatic carbocycles. The first-order valence-electron chi connectivity index (χ1n) is 7.92. The van der Waals surface area contributed by atoms with Gasteiger partial charge in [0.05, 0.1) is 6.10 Å². The van der Waals surface area contributed by atoms with Crippen molar-refractivity contribution in [2.24, 2.45) is 0 Å². The number of hydrogen-bond donors (Lipinski definition) is 1. The van der Waals surface area contributed by atoms with Gasteiger partial charge in [0.1, 0.15) is 0 Å². The number of carbonyl (C=O) groups excluding carboxylic acids is 1. The van der Waals surface area contributed by atoms with Crippen molar-refractivity contribution >= 4 is 5.91 Å². The molecule has 2 heterocycles. The minimum atomic E-state index is 0.318. The van der Waals surface area contributed by atoms with E-state index in [4.69, 9.17) is 4.74 Å². The maximum Gasteiger partial charge on any atom is 0.222 e. The summed E-state index contributed by atoms with van der Waals surface area (Å²) < 4.78 is 5.58. The molecule has 0 bridgehead atoms. The van der Waals surface area contributed by atoms with Crippen LogP contribution in [0.25, 0.3) is 0 Å². The van der Waals surface area contributed by atoms with Crippen molar-refractivity contribution in [1.82, 2.24) is 10.2 Å². The Morgan fingerprint density at radius 3 is 3.00 bits per heavy atom. The molecule has 2 saturated heterocycles. The highest BCUT2D eigenvalue weighted by molar-refractivity contribution is 5.76. The molecule has 0 aliphatic carbocycles. The second kappa shape index (κ2) is 7.85. The Balaban J connectivity index is 1.68. The molecule has 1 amide bonds. The molecule has 0 aromatic rings. The number of amides is 1. The van der Waals surface area contributed by atoms with Crippen LogP contribution in [0.5, 0.6) is 0 Å². The minimum absolute atomic E-state index is 0.318. The van der Waals surface area contributed by atoms with Crippen LogP contribution in [0.2, 0.25) is 0 Å². The third-order valence-electron chi connectivity index (χ3n) is 4.16. The summed E-state index contributed by atoms with van der Waals surface area (Å²) in [5.41, 5.74) is 0. The van der Waals surface area contributed by atoms with Crippen LogP contribution in [0.1, 0.15) is 51.9 Å². The van der Waals surface area contributed by atoms with Gasteiger partial charge >= 0.3 is 0 Å². The lowest BCUT2D eigenvalue weighted by Crippen LogP contribution is -2.48. The number of rotatable bonds is 6. The maximum atomic E-state index is 12.2. The number of ether oxygens (including phenoxy) is 1. The molecule has 0 spiro atoms. The second-order valence-corrected chi connectivity index (χ2v) is 5.81. The molecule has 0 saturated carbocycles. The zero-order valence-electron chi connectivity index (χ0n) is 12.2. The van der Waals surface area contributed by atoms with Crippen LogP contribution in [0.15, 0.2) is 0 Å². The quantitative estimate of drug-likeness (QED) is 0.800. The van der Waals surface area contributed by atoms with Crippen LogP contribution in [0.4, 0.5) is 0 Å². The van der Waals surface area contributed by atoms with Crippen molar-refractivity contribution in [3.8, 4) is 0 Å². The number of likely N-dealkylation sites (tertiary alicyclic amines) is 1.